The Labute approximate surface area is 204 Å². The van der Waals surface area contributed by atoms with Gasteiger partial charge in [-0.15, -0.1) is 0 Å². The molecule has 1 aliphatic rings. The number of hydrogen-bond acceptors (Lipinski definition) is 7. The van der Waals surface area contributed by atoms with E-state index in [-0.39, 0.29) is 16.6 Å². The van der Waals surface area contributed by atoms with Gasteiger partial charge in [0.05, 0.1) is 16.5 Å². The molecule has 9 heteroatoms. The molecule has 0 saturated carbocycles. The van der Waals surface area contributed by atoms with Crippen molar-refractivity contribution in [3.05, 3.63) is 72.3 Å². The third kappa shape index (κ3) is 5.62. The Balaban J connectivity index is 1.47. The van der Waals surface area contributed by atoms with Crippen LogP contribution in [0, 0.1) is 17.2 Å². The lowest BCUT2D eigenvalue weighted by Crippen LogP contribution is -2.46. The molecule has 0 aliphatic carbocycles. The molecule has 0 amide bonds. The van der Waals surface area contributed by atoms with E-state index in [1.165, 1.54) is 18.2 Å². The van der Waals surface area contributed by atoms with Gasteiger partial charge in [0, 0.05) is 6.07 Å². The van der Waals surface area contributed by atoms with E-state index in [2.05, 4.69) is 10.8 Å². The Hall–Kier alpha value is -3.87. The molecule has 1 N–H and O–H groups in total. The van der Waals surface area contributed by atoms with Crippen molar-refractivity contribution < 1.29 is 27.4 Å². The SMILES string of the molecule is CC(C)C(NS(=O)(=O)c1ccc2c(c1)OCCO2)C(=O)Oc1ccc(-c2ccc(C#N)cc2)cc1. The van der Waals surface area contributed by atoms with Gasteiger partial charge in [0.2, 0.25) is 10.0 Å². The van der Waals surface area contributed by atoms with Crippen LogP contribution in [0.2, 0.25) is 0 Å². The Bertz CT molecular complexity index is 1360. The van der Waals surface area contributed by atoms with E-state index in [1.54, 1.807) is 50.2 Å². The standard InChI is InChI=1S/C26H24N2O6S/c1-17(2)25(28-35(30,31)22-11-12-23-24(15-22)33-14-13-32-23)26(29)34-21-9-7-20(8-10-21)19-5-3-18(16-27)4-6-19/h3-12,15,17,25,28H,13-14H2,1-2H3. The molecule has 1 unspecified atom stereocenters. The highest BCUT2D eigenvalue weighted by atomic mass is 32.2. The van der Waals surface area contributed by atoms with Crippen LogP contribution in [-0.4, -0.2) is 33.6 Å². The van der Waals surface area contributed by atoms with Crippen molar-refractivity contribution in [1.29, 1.82) is 5.26 Å². The highest BCUT2D eigenvalue weighted by Gasteiger charge is 2.31. The molecule has 1 atom stereocenters. The normalized spacial score (nSPS) is 13.7. The molecule has 1 heterocycles. The number of benzene rings is 3. The quantitative estimate of drug-likeness (QED) is 0.393. The number of nitrogens with zero attached hydrogens (tertiary/aromatic N) is 1. The first kappa shape index (κ1) is 24.3. The van der Waals surface area contributed by atoms with Crippen LogP contribution in [0.4, 0.5) is 0 Å². The number of rotatable bonds is 7. The van der Waals surface area contributed by atoms with E-state index in [9.17, 15) is 13.2 Å². The van der Waals surface area contributed by atoms with Gasteiger partial charge in [-0.3, -0.25) is 0 Å². The molecule has 1 aliphatic heterocycles. The maximum atomic E-state index is 13.0. The van der Waals surface area contributed by atoms with Crippen molar-refractivity contribution in [3.8, 4) is 34.4 Å². The molecule has 180 valence electrons. The molecule has 0 spiro atoms. The largest absolute Gasteiger partial charge is 0.486 e. The van der Waals surface area contributed by atoms with E-state index in [0.717, 1.165) is 11.1 Å². The Morgan fingerprint density at radius 1 is 0.943 bits per heavy atom. The average molecular weight is 493 g/mol. The van der Waals surface area contributed by atoms with Gasteiger partial charge in [-0.05, 0) is 53.4 Å². The predicted molar refractivity (Wildman–Crippen MR) is 129 cm³/mol. The molecule has 0 radical (unpaired) electrons. The summed E-state index contributed by atoms with van der Waals surface area (Å²) < 4.78 is 44.8. The fourth-order valence-corrected chi connectivity index (χ4v) is 4.86. The topological polar surface area (TPSA) is 115 Å². The van der Waals surface area contributed by atoms with Crippen LogP contribution in [0.25, 0.3) is 11.1 Å². The average Bonchev–Trinajstić information content (AvgIpc) is 2.87. The third-order valence-corrected chi connectivity index (χ3v) is 6.89. The number of carbonyl (C=O) groups is 1. The fraction of sp³-hybridized carbons (Fsp3) is 0.231. The maximum Gasteiger partial charge on any atom is 0.329 e. The fourth-order valence-electron chi connectivity index (χ4n) is 3.51. The van der Waals surface area contributed by atoms with E-state index in [4.69, 9.17) is 19.5 Å². The second-order valence-electron chi connectivity index (χ2n) is 8.28. The van der Waals surface area contributed by atoms with Gasteiger partial charge in [0.15, 0.2) is 11.5 Å². The molecule has 0 aromatic heterocycles. The molecule has 0 fully saturated rings. The van der Waals surface area contributed by atoms with Crippen LogP contribution in [0.3, 0.4) is 0 Å². The van der Waals surface area contributed by atoms with Crippen molar-refractivity contribution in [2.75, 3.05) is 13.2 Å². The number of nitrogens with one attached hydrogen (secondary N) is 1. The zero-order chi connectivity index (χ0) is 25.0. The summed E-state index contributed by atoms with van der Waals surface area (Å²) in [5.74, 6) is 0.0147. The summed E-state index contributed by atoms with van der Waals surface area (Å²) in [6.45, 7) is 4.18. The Morgan fingerprint density at radius 3 is 2.14 bits per heavy atom. The van der Waals surface area contributed by atoms with Crippen LogP contribution in [-0.2, 0) is 14.8 Å². The zero-order valence-electron chi connectivity index (χ0n) is 19.2. The first-order chi connectivity index (χ1) is 16.8. The van der Waals surface area contributed by atoms with Crippen molar-refractivity contribution in [1.82, 2.24) is 4.72 Å². The Kier molecular flexibility index (Phi) is 7.05. The van der Waals surface area contributed by atoms with Crippen molar-refractivity contribution >= 4 is 16.0 Å². The molecular formula is C26H24N2O6S. The highest BCUT2D eigenvalue weighted by Crippen LogP contribution is 2.32. The van der Waals surface area contributed by atoms with Crippen LogP contribution >= 0.6 is 0 Å². The molecule has 0 saturated heterocycles. The lowest BCUT2D eigenvalue weighted by molar-refractivity contribution is -0.137. The molecular weight excluding hydrogens is 468 g/mol. The van der Waals surface area contributed by atoms with Crippen molar-refractivity contribution in [2.45, 2.75) is 24.8 Å². The van der Waals surface area contributed by atoms with E-state index < -0.39 is 22.0 Å². The summed E-state index contributed by atoms with van der Waals surface area (Å²) in [5, 5.41) is 8.93. The monoisotopic (exact) mass is 492 g/mol. The maximum absolute atomic E-state index is 13.0. The smallest absolute Gasteiger partial charge is 0.329 e. The number of hydrogen-bond donors (Lipinski definition) is 1. The highest BCUT2D eigenvalue weighted by molar-refractivity contribution is 7.89. The second-order valence-corrected chi connectivity index (χ2v) is 10.00. The number of carbonyl (C=O) groups excluding carboxylic acids is 1. The van der Waals surface area contributed by atoms with Gasteiger partial charge in [-0.25, -0.2) is 13.2 Å². The lowest BCUT2D eigenvalue weighted by atomic mass is 10.0. The summed E-state index contributed by atoms with van der Waals surface area (Å²) in [4.78, 5) is 12.9. The van der Waals surface area contributed by atoms with Crippen LogP contribution in [0.1, 0.15) is 19.4 Å². The van der Waals surface area contributed by atoms with Gasteiger partial charge in [0.25, 0.3) is 0 Å². The first-order valence-electron chi connectivity index (χ1n) is 11.0. The van der Waals surface area contributed by atoms with Crippen LogP contribution in [0.5, 0.6) is 17.2 Å². The molecule has 8 nitrogen and oxygen atoms in total. The van der Waals surface area contributed by atoms with Gasteiger partial charge in [-0.1, -0.05) is 38.1 Å². The van der Waals surface area contributed by atoms with E-state index >= 15 is 0 Å². The van der Waals surface area contributed by atoms with E-state index in [1.807, 2.05) is 12.1 Å². The first-order valence-corrected chi connectivity index (χ1v) is 12.5. The van der Waals surface area contributed by atoms with Crippen LogP contribution in [0.15, 0.2) is 71.6 Å². The number of ether oxygens (including phenoxy) is 3. The summed E-state index contributed by atoms with van der Waals surface area (Å²) in [6, 6.07) is 19.2. The van der Waals surface area contributed by atoms with Gasteiger partial charge in [0.1, 0.15) is 25.0 Å². The van der Waals surface area contributed by atoms with Gasteiger partial charge < -0.3 is 14.2 Å². The van der Waals surface area contributed by atoms with Crippen molar-refractivity contribution in [2.24, 2.45) is 5.92 Å². The molecule has 3 aromatic rings. The molecule has 0 bridgehead atoms. The minimum Gasteiger partial charge on any atom is -0.486 e. The number of sulfonamides is 1. The number of nitriles is 1. The number of esters is 1. The molecule has 35 heavy (non-hydrogen) atoms. The second kappa shape index (κ2) is 10.2. The minimum atomic E-state index is -4.03. The van der Waals surface area contributed by atoms with Crippen LogP contribution < -0.4 is 18.9 Å². The third-order valence-electron chi connectivity index (χ3n) is 5.45. The summed E-state index contributed by atoms with van der Waals surface area (Å²) in [7, 11) is -4.03. The van der Waals surface area contributed by atoms with Crippen molar-refractivity contribution in [3.63, 3.8) is 0 Å². The molecule has 4 rings (SSSR count). The predicted octanol–water partition coefficient (Wildman–Crippen LogP) is 3.90. The van der Waals surface area contributed by atoms with E-state index in [0.29, 0.717) is 30.3 Å². The Morgan fingerprint density at radius 2 is 1.54 bits per heavy atom. The lowest BCUT2D eigenvalue weighted by Gasteiger charge is -2.22. The number of fused-ring (bicyclic) bond motifs is 1. The summed E-state index contributed by atoms with van der Waals surface area (Å²) in [5.41, 5.74) is 2.36. The summed E-state index contributed by atoms with van der Waals surface area (Å²) in [6.07, 6.45) is 0. The zero-order valence-corrected chi connectivity index (χ0v) is 20.0. The molecule has 3 aromatic carbocycles. The summed E-state index contributed by atoms with van der Waals surface area (Å²) >= 11 is 0. The van der Waals surface area contributed by atoms with Gasteiger partial charge >= 0.3 is 5.97 Å². The van der Waals surface area contributed by atoms with Gasteiger partial charge in [-0.2, -0.15) is 9.98 Å². The minimum absolute atomic E-state index is 0.0352.